The number of rotatable bonds is 4. The fourth-order valence-corrected chi connectivity index (χ4v) is 1.51. The summed E-state index contributed by atoms with van der Waals surface area (Å²) in [6.45, 7) is 3.70. The van der Waals surface area contributed by atoms with Crippen LogP contribution in [0.3, 0.4) is 0 Å². The number of aryl methyl sites for hydroxylation is 1. The van der Waals surface area contributed by atoms with E-state index in [0.717, 1.165) is 29.9 Å². The van der Waals surface area contributed by atoms with E-state index in [2.05, 4.69) is 18.7 Å². The smallest absolute Gasteiger partial charge is 0.134 e. The van der Waals surface area contributed by atoms with Gasteiger partial charge in [0.05, 0.1) is 0 Å². The zero-order valence-corrected chi connectivity index (χ0v) is 8.65. The van der Waals surface area contributed by atoms with Gasteiger partial charge in [0.25, 0.3) is 0 Å². The lowest BCUT2D eigenvalue weighted by molar-refractivity contribution is 0.523. The molecule has 0 aliphatic heterocycles. The maximum absolute atomic E-state index is 5.72. The van der Waals surface area contributed by atoms with Crippen molar-refractivity contribution in [2.75, 3.05) is 0 Å². The topological polar surface area (TPSA) is 13.1 Å². The Balaban J connectivity index is 2.17. The fourth-order valence-electron chi connectivity index (χ4n) is 1.51. The average molecular weight is 198 g/mol. The van der Waals surface area contributed by atoms with Crippen molar-refractivity contribution in [2.45, 2.75) is 12.8 Å². The fraction of sp³-hybridized carbons (Fsp3) is 0.143. The van der Waals surface area contributed by atoms with Crippen LogP contribution in [0.4, 0.5) is 0 Å². The van der Waals surface area contributed by atoms with Crippen LogP contribution in [-0.4, -0.2) is 0 Å². The lowest BCUT2D eigenvalue weighted by Crippen LogP contribution is -1.77. The van der Waals surface area contributed by atoms with E-state index in [0.29, 0.717) is 0 Å². The van der Waals surface area contributed by atoms with Crippen LogP contribution in [0.15, 0.2) is 59.5 Å². The van der Waals surface area contributed by atoms with Crippen molar-refractivity contribution in [3.8, 4) is 11.3 Å². The molecule has 2 aromatic rings. The monoisotopic (exact) mass is 198 g/mol. The van der Waals surface area contributed by atoms with Crippen molar-refractivity contribution in [3.63, 3.8) is 0 Å². The van der Waals surface area contributed by atoms with Crippen LogP contribution in [0, 0.1) is 0 Å². The van der Waals surface area contributed by atoms with E-state index >= 15 is 0 Å². The Kier molecular flexibility index (Phi) is 3.03. The quantitative estimate of drug-likeness (QED) is 0.675. The van der Waals surface area contributed by atoms with E-state index in [1.807, 2.05) is 36.4 Å². The number of benzene rings is 1. The maximum atomic E-state index is 5.72. The van der Waals surface area contributed by atoms with Gasteiger partial charge in [0.2, 0.25) is 0 Å². The van der Waals surface area contributed by atoms with Crippen molar-refractivity contribution in [1.82, 2.24) is 0 Å². The number of hydrogen-bond acceptors (Lipinski definition) is 1. The van der Waals surface area contributed by atoms with E-state index in [4.69, 9.17) is 4.42 Å². The first-order valence-corrected chi connectivity index (χ1v) is 5.15. The summed E-state index contributed by atoms with van der Waals surface area (Å²) in [5.41, 5.74) is 1.13. The summed E-state index contributed by atoms with van der Waals surface area (Å²) in [7, 11) is 0. The third kappa shape index (κ3) is 2.38. The zero-order valence-electron chi connectivity index (χ0n) is 8.65. The minimum absolute atomic E-state index is 0.927. The van der Waals surface area contributed by atoms with E-state index in [1.165, 1.54) is 0 Å². The van der Waals surface area contributed by atoms with Gasteiger partial charge in [-0.2, -0.15) is 0 Å². The van der Waals surface area contributed by atoms with E-state index in [1.54, 1.807) is 0 Å². The second-order valence-electron chi connectivity index (χ2n) is 3.46. The van der Waals surface area contributed by atoms with Gasteiger partial charge in [0, 0.05) is 12.0 Å². The Labute approximate surface area is 90.1 Å². The highest BCUT2D eigenvalue weighted by Crippen LogP contribution is 2.22. The van der Waals surface area contributed by atoms with Gasteiger partial charge >= 0.3 is 0 Å². The molecule has 1 heteroatoms. The van der Waals surface area contributed by atoms with E-state index in [-0.39, 0.29) is 0 Å². The molecule has 0 amide bonds. The third-order valence-corrected chi connectivity index (χ3v) is 2.31. The molecular formula is C14H14O. The van der Waals surface area contributed by atoms with Crippen LogP contribution in [0.1, 0.15) is 12.2 Å². The van der Waals surface area contributed by atoms with Gasteiger partial charge in [-0.3, -0.25) is 0 Å². The normalized spacial score (nSPS) is 10.1. The predicted molar refractivity (Wildman–Crippen MR) is 62.7 cm³/mol. The highest BCUT2D eigenvalue weighted by atomic mass is 16.3. The molecule has 0 N–H and O–H groups in total. The molecule has 0 radical (unpaired) electrons. The summed E-state index contributed by atoms with van der Waals surface area (Å²) in [4.78, 5) is 0. The second kappa shape index (κ2) is 4.65. The zero-order chi connectivity index (χ0) is 10.5. The van der Waals surface area contributed by atoms with Gasteiger partial charge in [0.1, 0.15) is 11.5 Å². The molecule has 0 saturated heterocycles. The number of hydrogen-bond donors (Lipinski definition) is 0. The number of allylic oxidation sites excluding steroid dienone is 1. The summed E-state index contributed by atoms with van der Waals surface area (Å²) in [6, 6.07) is 14.2. The second-order valence-corrected chi connectivity index (χ2v) is 3.46. The van der Waals surface area contributed by atoms with Gasteiger partial charge in [0.15, 0.2) is 0 Å². The highest BCUT2D eigenvalue weighted by molar-refractivity contribution is 5.57. The van der Waals surface area contributed by atoms with Crippen LogP contribution in [0.2, 0.25) is 0 Å². The molecule has 76 valence electrons. The van der Waals surface area contributed by atoms with Crippen molar-refractivity contribution in [1.29, 1.82) is 0 Å². The Morgan fingerprint density at radius 1 is 1.07 bits per heavy atom. The molecule has 0 aliphatic rings. The van der Waals surface area contributed by atoms with E-state index in [9.17, 15) is 0 Å². The maximum Gasteiger partial charge on any atom is 0.134 e. The first kappa shape index (κ1) is 9.78. The molecule has 1 aromatic heterocycles. The van der Waals surface area contributed by atoms with E-state index < -0.39 is 0 Å². The highest BCUT2D eigenvalue weighted by Gasteiger charge is 2.02. The molecule has 0 unspecified atom stereocenters. The van der Waals surface area contributed by atoms with Crippen LogP contribution in [0.25, 0.3) is 11.3 Å². The van der Waals surface area contributed by atoms with Gasteiger partial charge < -0.3 is 4.42 Å². The summed E-state index contributed by atoms with van der Waals surface area (Å²) in [5, 5.41) is 0. The van der Waals surface area contributed by atoms with Crippen LogP contribution >= 0.6 is 0 Å². The van der Waals surface area contributed by atoms with Crippen LogP contribution < -0.4 is 0 Å². The molecule has 0 atom stereocenters. The lowest BCUT2D eigenvalue weighted by Gasteiger charge is -1.95. The Bertz CT molecular complexity index is 426. The third-order valence-electron chi connectivity index (χ3n) is 2.31. The molecule has 0 bridgehead atoms. The minimum Gasteiger partial charge on any atom is -0.461 e. The van der Waals surface area contributed by atoms with Crippen LogP contribution in [0.5, 0.6) is 0 Å². The van der Waals surface area contributed by atoms with Gasteiger partial charge in [-0.05, 0) is 18.6 Å². The molecule has 0 saturated carbocycles. The van der Waals surface area contributed by atoms with Crippen molar-refractivity contribution in [2.24, 2.45) is 0 Å². The summed E-state index contributed by atoms with van der Waals surface area (Å²) in [5.74, 6) is 1.96. The summed E-state index contributed by atoms with van der Waals surface area (Å²) < 4.78 is 5.72. The molecule has 2 rings (SSSR count). The summed E-state index contributed by atoms with van der Waals surface area (Å²) in [6.07, 6.45) is 3.79. The molecule has 0 fully saturated rings. The predicted octanol–water partition coefficient (Wildman–Crippen LogP) is 4.07. The molecular weight excluding hydrogens is 184 g/mol. The molecule has 15 heavy (non-hydrogen) atoms. The van der Waals surface area contributed by atoms with Crippen molar-refractivity contribution < 1.29 is 4.42 Å². The molecule has 1 aromatic carbocycles. The molecule has 1 heterocycles. The van der Waals surface area contributed by atoms with Gasteiger partial charge in [-0.15, -0.1) is 6.58 Å². The molecule has 0 spiro atoms. The lowest BCUT2D eigenvalue weighted by atomic mass is 10.2. The minimum atomic E-state index is 0.927. The largest absolute Gasteiger partial charge is 0.461 e. The number of furan rings is 1. The average Bonchev–Trinajstić information content (AvgIpc) is 2.76. The van der Waals surface area contributed by atoms with Crippen LogP contribution in [-0.2, 0) is 6.42 Å². The standard InChI is InChI=1S/C14H14O/c1-2-3-9-13-10-11-14(15-13)12-7-5-4-6-8-12/h2,4-8,10-11H,1,3,9H2. The van der Waals surface area contributed by atoms with Gasteiger partial charge in [-0.1, -0.05) is 36.4 Å². The van der Waals surface area contributed by atoms with Crippen molar-refractivity contribution >= 4 is 0 Å². The van der Waals surface area contributed by atoms with Crippen molar-refractivity contribution in [3.05, 3.63) is 60.9 Å². The summed E-state index contributed by atoms with van der Waals surface area (Å²) >= 11 is 0. The molecule has 1 nitrogen and oxygen atoms in total. The first-order chi connectivity index (χ1) is 7.40. The Hall–Kier alpha value is -1.76. The SMILES string of the molecule is C=CCCc1ccc(-c2ccccc2)o1. The Morgan fingerprint density at radius 3 is 2.60 bits per heavy atom. The molecule has 0 aliphatic carbocycles. The Morgan fingerprint density at radius 2 is 1.87 bits per heavy atom. The first-order valence-electron chi connectivity index (χ1n) is 5.15. The van der Waals surface area contributed by atoms with Gasteiger partial charge in [-0.25, -0.2) is 0 Å².